The molecule has 0 saturated heterocycles. The lowest BCUT2D eigenvalue weighted by atomic mass is 10.0. The minimum atomic E-state index is -0.830. The van der Waals surface area contributed by atoms with Gasteiger partial charge in [-0.1, -0.05) is 30.3 Å². The van der Waals surface area contributed by atoms with Crippen molar-refractivity contribution in [1.29, 1.82) is 0 Å². The van der Waals surface area contributed by atoms with Gasteiger partial charge >= 0.3 is 0 Å². The molecule has 2 aromatic carbocycles. The van der Waals surface area contributed by atoms with E-state index in [0.717, 1.165) is 17.2 Å². The summed E-state index contributed by atoms with van der Waals surface area (Å²) >= 11 is 0. The smallest absolute Gasteiger partial charge is 0.159 e. The van der Waals surface area contributed by atoms with Gasteiger partial charge in [-0.2, -0.15) is 0 Å². The second kappa shape index (κ2) is 5.06. The molecule has 0 N–H and O–H groups in total. The van der Waals surface area contributed by atoms with Gasteiger partial charge in [0.25, 0.3) is 0 Å². The fourth-order valence-corrected chi connectivity index (χ4v) is 1.64. The lowest BCUT2D eigenvalue weighted by molar-refractivity contribution is 0.185. The van der Waals surface area contributed by atoms with Crippen molar-refractivity contribution in [1.82, 2.24) is 0 Å². The number of hydrogen-bond donors (Lipinski definition) is 0. The number of benzene rings is 2. The van der Waals surface area contributed by atoms with Crippen LogP contribution in [0.3, 0.4) is 0 Å². The summed E-state index contributed by atoms with van der Waals surface area (Å²) in [4.78, 5) is 0. The molecule has 0 aliphatic heterocycles. The monoisotopic (exact) mass is 234 g/mol. The molecule has 0 amide bonds. The van der Waals surface area contributed by atoms with E-state index in [-0.39, 0.29) is 0 Å². The second-order valence-electron chi connectivity index (χ2n) is 3.76. The third-order valence-electron chi connectivity index (χ3n) is 2.52. The summed E-state index contributed by atoms with van der Waals surface area (Å²) in [5, 5.41) is 0. The highest BCUT2D eigenvalue weighted by atomic mass is 19.2. The van der Waals surface area contributed by atoms with Gasteiger partial charge in [0.1, 0.15) is 0 Å². The molecule has 0 spiro atoms. The van der Waals surface area contributed by atoms with E-state index in [1.165, 1.54) is 6.07 Å². The molecule has 0 heterocycles. The summed E-state index contributed by atoms with van der Waals surface area (Å²) < 4.78 is 30.9. The summed E-state index contributed by atoms with van der Waals surface area (Å²) in [5.41, 5.74) is 2.55. The fraction of sp³-hybridized carbons (Fsp3) is 0.143. The van der Waals surface area contributed by atoms with Crippen molar-refractivity contribution in [3.8, 4) is 11.1 Å². The topological polar surface area (TPSA) is 9.23 Å². The molecular weight excluding hydrogens is 222 g/mol. The Morgan fingerprint density at radius 3 is 2.12 bits per heavy atom. The van der Waals surface area contributed by atoms with E-state index in [1.807, 2.05) is 24.3 Å². The number of methoxy groups -OCH3 is 1. The van der Waals surface area contributed by atoms with Crippen LogP contribution in [0.1, 0.15) is 5.56 Å². The average Bonchev–Trinajstić information content (AvgIpc) is 2.34. The van der Waals surface area contributed by atoms with Gasteiger partial charge in [0.15, 0.2) is 11.6 Å². The van der Waals surface area contributed by atoms with Gasteiger partial charge in [-0.05, 0) is 28.8 Å². The Morgan fingerprint density at radius 2 is 1.53 bits per heavy atom. The largest absolute Gasteiger partial charge is 0.380 e. The Kier molecular flexibility index (Phi) is 3.49. The Labute approximate surface area is 98.7 Å². The van der Waals surface area contributed by atoms with Crippen molar-refractivity contribution in [3.05, 3.63) is 59.7 Å². The first-order valence-electron chi connectivity index (χ1n) is 5.24. The molecule has 2 aromatic rings. The maximum absolute atomic E-state index is 13.1. The van der Waals surface area contributed by atoms with Crippen LogP contribution in [0.2, 0.25) is 0 Å². The summed E-state index contributed by atoms with van der Waals surface area (Å²) in [7, 11) is 1.63. The fourth-order valence-electron chi connectivity index (χ4n) is 1.64. The van der Waals surface area contributed by atoms with Crippen LogP contribution in [0, 0.1) is 11.6 Å². The quantitative estimate of drug-likeness (QED) is 0.785. The van der Waals surface area contributed by atoms with E-state index in [4.69, 9.17) is 4.74 Å². The molecule has 0 atom stereocenters. The Morgan fingerprint density at radius 1 is 0.882 bits per heavy atom. The summed E-state index contributed by atoms with van der Waals surface area (Å²) in [6, 6.07) is 11.4. The molecule has 17 heavy (non-hydrogen) atoms. The van der Waals surface area contributed by atoms with Crippen molar-refractivity contribution >= 4 is 0 Å². The number of rotatable bonds is 3. The third kappa shape index (κ3) is 2.68. The van der Waals surface area contributed by atoms with Crippen LogP contribution < -0.4 is 0 Å². The van der Waals surface area contributed by atoms with Crippen LogP contribution in [-0.2, 0) is 11.3 Å². The predicted octanol–water partition coefficient (Wildman–Crippen LogP) is 3.78. The predicted molar refractivity (Wildman–Crippen MR) is 62.5 cm³/mol. The third-order valence-corrected chi connectivity index (χ3v) is 2.52. The molecular formula is C14H12F2O. The highest BCUT2D eigenvalue weighted by Crippen LogP contribution is 2.22. The van der Waals surface area contributed by atoms with E-state index in [9.17, 15) is 8.78 Å². The van der Waals surface area contributed by atoms with Gasteiger partial charge in [0.2, 0.25) is 0 Å². The molecule has 88 valence electrons. The number of ether oxygens (including phenoxy) is 1. The maximum Gasteiger partial charge on any atom is 0.159 e. The van der Waals surface area contributed by atoms with Crippen LogP contribution in [0.5, 0.6) is 0 Å². The average molecular weight is 234 g/mol. The number of halogens is 2. The highest BCUT2D eigenvalue weighted by molar-refractivity contribution is 5.63. The van der Waals surface area contributed by atoms with Gasteiger partial charge in [0, 0.05) is 7.11 Å². The zero-order valence-corrected chi connectivity index (χ0v) is 9.41. The summed E-state index contributed by atoms with van der Waals surface area (Å²) in [5.74, 6) is -1.66. The summed E-state index contributed by atoms with van der Waals surface area (Å²) in [6.45, 7) is 0.540. The molecule has 0 saturated carbocycles. The Hall–Kier alpha value is -1.74. The molecule has 0 bridgehead atoms. The molecule has 1 nitrogen and oxygen atoms in total. The van der Waals surface area contributed by atoms with Crippen LogP contribution in [0.15, 0.2) is 42.5 Å². The minimum absolute atomic E-state index is 0.540. The highest BCUT2D eigenvalue weighted by Gasteiger charge is 2.04. The first kappa shape index (κ1) is 11.7. The standard InChI is InChI=1S/C14H12F2O/c1-17-9-10-2-4-11(5-3-10)12-6-7-13(15)14(16)8-12/h2-8H,9H2,1H3. The van der Waals surface area contributed by atoms with Crippen molar-refractivity contribution in [2.24, 2.45) is 0 Å². The molecule has 0 aromatic heterocycles. The van der Waals surface area contributed by atoms with Crippen LogP contribution in [-0.4, -0.2) is 7.11 Å². The zero-order valence-electron chi connectivity index (χ0n) is 9.41. The lowest BCUT2D eigenvalue weighted by Gasteiger charge is -2.04. The van der Waals surface area contributed by atoms with Gasteiger partial charge in [0.05, 0.1) is 6.61 Å². The van der Waals surface area contributed by atoms with Gasteiger partial charge in [-0.15, -0.1) is 0 Å². The van der Waals surface area contributed by atoms with Gasteiger partial charge in [-0.25, -0.2) is 8.78 Å². The first-order chi connectivity index (χ1) is 8.20. The molecule has 2 rings (SSSR count). The van der Waals surface area contributed by atoms with Crippen LogP contribution in [0.25, 0.3) is 11.1 Å². The van der Waals surface area contributed by atoms with Gasteiger partial charge < -0.3 is 4.74 Å². The molecule has 0 aliphatic carbocycles. The van der Waals surface area contributed by atoms with Crippen molar-refractivity contribution in [2.45, 2.75) is 6.61 Å². The normalized spacial score (nSPS) is 10.5. The first-order valence-corrected chi connectivity index (χ1v) is 5.24. The second-order valence-corrected chi connectivity index (χ2v) is 3.76. The summed E-state index contributed by atoms with van der Waals surface area (Å²) in [6.07, 6.45) is 0. The number of hydrogen-bond acceptors (Lipinski definition) is 1. The molecule has 0 fully saturated rings. The van der Waals surface area contributed by atoms with Crippen molar-refractivity contribution in [3.63, 3.8) is 0 Å². The van der Waals surface area contributed by atoms with Crippen LogP contribution >= 0.6 is 0 Å². The van der Waals surface area contributed by atoms with Crippen molar-refractivity contribution < 1.29 is 13.5 Å². The minimum Gasteiger partial charge on any atom is -0.380 e. The zero-order chi connectivity index (χ0) is 12.3. The maximum atomic E-state index is 13.1. The Balaban J connectivity index is 2.30. The van der Waals surface area contributed by atoms with E-state index in [1.54, 1.807) is 13.2 Å². The van der Waals surface area contributed by atoms with Crippen LogP contribution in [0.4, 0.5) is 8.78 Å². The SMILES string of the molecule is COCc1ccc(-c2ccc(F)c(F)c2)cc1. The van der Waals surface area contributed by atoms with E-state index in [2.05, 4.69) is 0 Å². The van der Waals surface area contributed by atoms with E-state index < -0.39 is 11.6 Å². The molecule has 0 unspecified atom stereocenters. The Bertz CT molecular complexity index is 506. The van der Waals surface area contributed by atoms with E-state index >= 15 is 0 Å². The van der Waals surface area contributed by atoms with E-state index in [0.29, 0.717) is 12.2 Å². The lowest BCUT2D eigenvalue weighted by Crippen LogP contribution is -1.88. The molecule has 3 heteroatoms. The van der Waals surface area contributed by atoms with Crippen molar-refractivity contribution in [2.75, 3.05) is 7.11 Å². The molecule has 0 radical (unpaired) electrons. The molecule has 0 aliphatic rings. The van der Waals surface area contributed by atoms with Gasteiger partial charge in [-0.3, -0.25) is 0 Å².